The largest absolute Gasteiger partial charge is 0.480 e. The maximum Gasteiger partial charge on any atom is 0.322 e. The molecule has 0 aliphatic rings. The van der Waals surface area contributed by atoms with Crippen LogP contribution in [-0.2, 0) is 4.79 Å². The van der Waals surface area contributed by atoms with Crippen molar-refractivity contribution in [3.05, 3.63) is 35.4 Å². The van der Waals surface area contributed by atoms with Crippen LogP contribution in [-0.4, -0.2) is 36.1 Å². The number of likely N-dealkylation sites (N-methyl/N-ethyl adjacent to an activating group) is 1. The van der Waals surface area contributed by atoms with Crippen molar-refractivity contribution in [1.29, 1.82) is 0 Å². The van der Waals surface area contributed by atoms with Crippen LogP contribution < -0.4 is 5.73 Å². The summed E-state index contributed by atoms with van der Waals surface area (Å²) in [5.74, 6) is -3.20. The molecule has 0 saturated carbocycles. The van der Waals surface area contributed by atoms with E-state index in [9.17, 15) is 13.6 Å². The third-order valence-electron chi connectivity index (χ3n) is 2.47. The van der Waals surface area contributed by atoms with E-state index >= 15 is 0 Å². The zero-order chi connectivity index (χ0) is 13.2. The molecule has 4 nitrogen and oxygen atoms in total. The molecule has 2 unspecified atom stereocenters. The van der Waals surface area contributed by atoms with Crippen molar-refractivity contribution in [1.82, 2.24) is 4.90 Å². The maximum atomic E-state index is 13.1. The number of halogens is 2. The third-order valence-corrected chi connectivity index (χ3v) is 2.47. The molecule has 0 saturated heterocycles. The summed E-state index contributed by atoms with van der Waals surface area (Å²) in [5.41, 5.74) is 5.85. The average molecular weight is 244 g/mol. The minimum Gasteiger partial charge on any atom is -0.480 e. The Morgan fingerprint density at radius 1 is 1.35 bits per heavy atom. The standard InChI is InChI=1S/C11H14F2N2O2/c1-15(2)10(9(14)11(16)17)6-3-4-7(12)8(13)5-6/h3-5,9-10H,14H2,1-2H3,(H,16,17). The first-order valence-corrected chi connectivity index (χ1v) is 4.94. The SMILES string of the molecule is CN(C)C(c1ccc(F)c(F)c1)C(N)C(=O)O. The van der Waals surface area contributed by atoms with E-state index in [1.807, 2.05) is 0 Å². The van der Waals surface area contributed by atoms with Gasteiger partial charge >= 0.3 is 5.97 Å². The monoisotopic (exact) mass is 244 g/mol. The van der Waals surface area contributed by atoms with Crippen molar-refractivity contribution in [3.8, 4) is 0 Å². The van der Waals surface area contributed by atoms with E-state index in [0.717, 1.165) is 12.1 Å². The van der Waals surface area contributed by atoms with Gasteiger partial charge in [-0.15, -0.1) is 0 Å². The number of benzene rings is 1. The summed E-state index contributed by atoms with van der Waals surface area (Å²) < 4.78 is 25.9. The second-order valence-corrected chi connectivity index (χ2v) is 3.95. The van der Waals surface area contributed by atoms with E-state index in [1.165, 1.54) is 6.07 Å². The smallest absolute Gasteiger partial charge is 0.322 e. The number of hydrogen-bond donors (Lipinski definition) is 2. The molecular formula is C11H14F2N2O2. The molecule has 0 heterocycles. The van der Waals surface area contributed by atoms with E-state index in [1.54, 1.807) is 19.0 Å². The summed E-state index contributed by atoms with van der Waals surface area (Å²) in [6, 6.07) is 1.31. The van der Waals surface area contributed by atoms with Crippen LogP contribution in [0.15, 0.2) is 18.2 Å². The molecule has 0 aromatic heterocycles. The molecule has 1 aromatic rings. The number of rotatable bonds is 4. The van der Waals surface area contributed by atoms with Crippen LogP contribution in [0.3, 0.4) is 0 Å². The van der Waals surface area contributed by atoms with E-state index in [2.05, 4.69) is 0 Å². The number of nitrogens with two attached hydrogens (primary N) is 1. The molecule has 1 aromatic carbocycles. The van der Waals surface area contributed by atoms with Crippen LogP contribution in [0, 0.1) is 11.6 Å². The predicted molar refractivity (Wildman–Crippen MR) is 58.4 cm³/mol. The Kier molecular flexibility index (Phi) is 4.14. The van der Waals surface area contributed by atoms with Crippen LogP contribution in [0.5, 0.6) is 0 Å². The number of carboxylic acid groups (broad SMARTS) is 1. The third kappa shape index (κ3) is 2.98. The number of aliphatic carboxylic acids is 1. The first-order chi connectivity index (χ1) is 7.84. The second-order valence-electron chi connectivity index (χ2n) is 3.95. The highest BCUT2D eigenvalue weighted by Crippen LogP contribution is 2.23. The average Bonchev–Trinajstić information content (AvgIpc) is 2.22. The minimum atomic E-state index is -1.21. The fraction of sp³-hybridized carbons (Fsp3) is 0.364. The van der Waals surface area contributed by atoms with Gasteiger partial charge in [0.05, 0.1) is 6.04 Å². The molecule has 0 aliphatic carbocycles. The fourth-order valence-electron chi connectivity index (χ4n) is 1.66. The number of carboxylic acids is 1. The highest BCUT2D eigenvalue weighted by molar-refractivity contribution is 5.74. The van der Waals surface area contributed by atoms with Crippen molar-refractivity contribution in [2.75, 3.05) is 14.1 Å². The van der Waals surface area contributed by atoms with Gasteiger partial charge in [-0.3, -0.25) is 4.79 Å². The quantitative estimate of drug-likeness (QED) is 0.828. The Balaban J connectivity index is 3.14. The Labute approximate surface area is 97.6 Å². The molecule has 94 valence electrons. The minimum absolute atomic E-state index is 0.323. The number of nitrogens with zero attached hydrogens (tertiary/aromatic N) is 1. The Morgan fingerprint density at radius 3 is 2.35 bits per heavy atom. The lowest BCUT2D eigenvalue weighted by molar-refractivity contribution is -0.140. The first-order valence-electron chi connectivity index (χ1n) is 4.94. The van der Waals surface area contributed by atoms with Crippen LogP contribution in [0.4, 0.5) is 8.78 Å². The molecule has 0 bridgehead atoms. The van der Waals surface area contributed by atoms with Gasteiger partial charge in [-0.05, 0) is 31.8 Å². The predicted octanol–water partition coefficient (Wildman–Crippen LogP) is 0.979. The van der Waals surface area contributed by atoms with Crippen LogP contribution in [0.1, 0.15) is 11.6 Å². The fourth-order valence-corrected chi connectivity index (χ4v) is 1.66. The van der Waals surface area contributed by atoms with E-state index in [4.69, 9.17) is 10.8 Å². The van der Waals surface area contributed by atoms with Crippen molar-refractivity contribution >= 4 is 5.97 Å². The molecule has 0 amide bonds. The van der Waals surface area contributed by atoms with Gasteiger partial charge in [-0.25, -0.2) is 8.78 Å². The molecule has 6 heteroatoms. The summed E-state index contributed by atoms with van der Waals surface area (Å²) in [6.07, 6.45) is 0. The van der Waals surface area contributed by atoms with Gasteiger partial charge in [-0.2, -0.15) is 0 Å². The lowest BCUT2D eigenvalue weighted by Gasteiger charge is -2.27. The number of carbonyl (C=O) groups is 1. The van der Waals surface area contributed by atoms with E-state index in [-0.39, 0.29) is 0 Å². The first kappa shape index (κ1) is 13.5. The van der Waals surface area contributed by atoms with E-state index in [0.29, 0.717) is 5.56 Å². The lowest BCUT2D eigenvalue weighted by Crippen LogP contribution is -2.43. The summed E-state index contributed by atoms with van der Waals surface area (Å²) in [7, 11) is 3.24. The zero-order valence-corrected chi connectivity index (χ0v) is 9.52. The lowest BCUT2D eigenvalue weighted by atomic mass is 9.98. The van der Waals surface area contributed by atoms with Gasteiger partial charge in [-0.1, -0.05) is 6.07 Å². The molecule has 1 rings (SSSR count). The molecule has 2 atom stereocenters. The Hall–Kier alpha value is -1.53. The van der Waals surface area contributed by atoms with Gasteiger partial charge in [0.2, 0.25) is 0 Å². The molecule has 3 N–H and O–H groups in total. The second kappa shape index (κ2) is 5.20. The van der Waals surface area contributed by atoms with Gasteiger partial charge in [0, 0.05) is 0 Å². The summed E-state index contributed by atoms with van der Waals surface area (Å²) in [5, 5.41) is 8.87. The maximum absolute atomic E-state index is 13.1. The van der Waals surface area contributed by atoms with Crippen molar-refractivity contribution < 1.29 is 18.7 Å². The van der Waals surface area contributed by atoms with Crippen molar-refractivity contribution in [3.63, 3.8) is 0 Å². The highest BCUT2D eigenvalue weighted by atomic mass is 19.2. The molecular weight excluding hydrogens is 230 g/mol. The van der Waals surface area contributed by atoms with Gasteiger partial charge in [0.1, 0.15) is 6.04 Å². The Morgan fingerprint density at radius 2 is 1.94 bits per heavy atom. The van der Waals surface area contributed by atoms with Crippen LogP contribution >= 0.6 is 0 Å². The summed E-state index contributed by atoms with van der Waals surface area (Å²) >= 11 is 0. The van der Waals surface area contributed by atoms with Gasteiger partial charge in [0.15, 0.2) is 11.6 Å². The van der Waals surface area contributed by atoms with E-state index < -0.39 is 29.7 Å². The molecule has 0 radical (unpaired) electrons. The Bertz CT molecular complexity index is 424. The summed E-state index contributed by atoms with van der Waals surface area (Å²) in [6.45, 7) is 0. The van der Waals surface area contributed by atoms with Crippen molar-refractivity contribution in [2.45, 2.75) is 12.1 Å². The van der Waals surface area contributed by atoms with Gasteiger partial charge < -0.3 is 15.7 Å². The van der Waals surface area contributed by atoms with Crippen LogP contribution in [0.25, 0.3) is 0 Å². The molecule has 0 fully saturated rings. The molecule has 0 aliphatic heterocycles. The van der Waals surface area contributed by atoms with Gasteiger partial charge in [0.25, 0.3) is 0 Å². The molecule has 17 heavy (non-hydrogen) atoms. The topological polar surface area (TPSA) is 66.6 Å². The normalized spacial score (nSPS) is 14.7. The molecule has 0 spiro atoms. The van der Waals surface area contributed by atoms with Crippen LogP contribution in [0.2, 0.25) is 0 Å². The zero-order valence-electron chi connectivity index (χ0n) is 9.52. The highest BCUT2D eigenvalue weighted by Gasteiger charge is 2.28. The van der Waals surface area contributed by atoms with Crippen molar-refractivity contribution in [2.24, 2.45) is 5.73 Å². The number of hydrogen-bond acceptors (Lipinski definition) is 3. The summed E-state index contributed by atoms with van der Waals surface area (Å²) in [4.78, 5) is 12.4.